The summed E-state index contributed by atoms with van der Waals surface area (Å²) < 4.78 is 0. The number of benzene rings is 1. The monoisotopic (exact) mass is 311 g/mol. The van der Waals surface area contributed by atoms with Crippen molar-refractivity contribution in [3.63, 3.8) is 0 Å². The number of rotatable bonds is 6. The Morgan fingerprint density at radius 2 is 2.27 bits per heavy atom. The van der Waals surface area contributed by atoms with Crippen LogP contribution in [0.2, 0.25) is 0 Å². The number of hydrogen-bond donors (Lipinski definition) is 1. The molecular formula is C18H21N3S. The minimum atomic E-state index is 0.933. The van der Waals surface area contributed by atoms with E-state index in [0.29, 0.717) is 0 Å². The van der Waals surface area contributed by atoms with E-state index in [-0.39, 0.29) is 0 Å². The van der Waals surface area contributed by atoms with Crippen molar-refractivity contribution in [1.82, 2.24) is 4.98 Å². The van der Waals surface area contributed by atoms with Gasteiger partial charge in [0, 0.05) is 30.4 Å². The maximum absolute atomic E-state index is 4.55. The van der Waals surface area contributed by atoms with E-state index in [0.717, 1.165) is 22.8 Å². The van der Waals surface area contributed by atoms with Gasteiger partial charge in [0.2, 0.25) is 0 Å². The van der Waals surface area contributed by atoms with E-state index < -0.39 is 0 Å². The topological polar surface area (TPSA) is 37.3 Å². The first-order valence-electron chi connectivity index (χ1n) is 7.33. The lowest BCUT2D eigenvalue weighted by Gasteiger charge is -2.03. The molecule has 0 bridgehead atoms. The van der Waals surface area contributed by atoms with Gasteiger partial charge in [-0.3, -0.25) is 4.99 Å². The molecule has 1 heterocycles. The molecule has 1 aromatic carbocycles. The highest BCUT2D eigenvalue weighted by Gasteiger charge is 2.04. The van der Waals surface area contributed by atoms with Gasteiger partial charge in [0.1, 0.15) is 0 Å². The molecule has 0 spiro atoms. The van der Waals surface area contributed by atoms with Gasteiger partial charge in [-0.25, -0.2) is 4.98 Å². The third kappa shape index (κ3) is 4.40. The van der Waals surface area contributed by atoms with Gasteiger partial charge in [0.25, 0.3) is 0 Å². The molecule has 0 unspecified atom stereocenters. The van der Waals surface area contributed by atoms with Crippen molar-refractivity contribution in [2.75, 3.05) is 12.4 Å². The molecule has 1 N–H and O–H groups in total. The molecule has 0 aliphatic rings. The van der Waals surface area contributed by atoms with Crippen molar-refractivity contribution in [2.24, 2.45) is 4.99 Å². The van der Waals surface area contributed by atoms with Gasteiger partial charge < -0.3 is 5.32 Å². The van der Waals surface area contributed by atoms with Crippen LogP contribution in [0.15, 0.2) is 53.0 Å². The number of aliphatic imine (C=N–C) groups is 1. The smallest absolute Gasteiger partial charge is 0.182 e. The van der Waals surface area contributed by atoms with Crippen molar-refractivity contribution >= 4 is 28.3 Å². The Balaban J connectivity index is 2.18. The molecule has 114 valence electrons. The van der Waals surface area contributed by atoms with Crippen LogP contribution in [0.3, 0.4) is 0 Å². The van der Waals surface area contributed by atoms with Crippen molar-refractivity contribution in [2.45, 2.75) is 20.3 Å². The van der Waals surface area contributed by atoms with Crippen molar-refractivity contribution in [3.05, 3.63) is 53.6 Å². The first kappa shape index (κ1) is 16.2. The van der Waals surface area contributed by atoms with Crippen LogP contribution in [-0.2, 0) is 0 Å². The largest absolute Gasteiger partial charge is 0.365 e. The van der Waals surface area contributed by atoms with Crippen LogP contribution < -0.4 is 5.32 Å². The van der Waals surface area contributed by atoms with Crippen LogP contribution in [-0.4, -0.2) is 18.2 Å². The molecule has 0 amide bonds. The molecule has 0 atom stereocenters. The summed E-state index contributed by atoms with van der Waals surface area (Å²) in [6.07, 6.45) is 8.72. The molecule has 22 heavy (non-hydrogen) atoms. The number of thiazole rings is 1. The van der Waals surface area contributed by atoms with Gasteiger partial charge in [-0.1, -0.05) is 31.2 Å². The summed E-state index contributed by atoms with van der Waals surface area (Å²) in [6, 6.07) is 8.42. The van der Waals surface area contributed by atoms with Crippen LogP contribution >= 0.6 is 11.3 Å². The highest BCUT2D eigenvalue weighted by atomic mass is 32.1. The zero-order chi connectivity index (χ0) is 15.8. The molecular weight excluding hydrogens is 290 g/mol. The normalized spacial score (nSPS) is 12.4. The number of hydrogen-bond acceptors (Lipinski definition) is 4. The van der Waals surface area contributed by atoms with E-state index in [1.807, 2.05) is 31.6 Å². The Labute approximate surface area is 136 Å². The zero-order valence-electron chi connectivity index (χ0n) is 13.2. The Morgan fingerprint density at radius 3 is 3.00 bits per heavy atom. The summed E-state index contributed by atoms with van der Waals surface area (Å²) in [4.78, 5) is 8.77. The Bertz CT molecular complexity index is 696. The van der Waals surface area contributed by atoms with Crippen LogP contribution in [0, 0.1) is 0 Å². The molecule has 2 rings (SSSR count). The van der Waals surface area contributed by atoms with Gasteiger partial charge in [-0.05, 0) is 36.6 Å². The third-order valence-corrected chi connectivity index (χ3v) is 4.03. The molecule has 0 radical (unpaired) electrons. The number of aromatic nitrogens is 1. The van der Waals surface area contributed by atoms with Gasteiger partial charge in [0.05, 0.1) is 5.69 Å². The highest BCUT2D eigenvalue weighted by Crippen LogP contribution is 2.26. The average Bonchev–Trinajstić information content (AvgIpc) is 3.04. The van der Waals surface area contributed by atoms with Crippen molar-refractivity contribution < 1.29 is 0 Å². The van der Waals surface area contributed by atoms with Crippen LogP contribution in [0.4, 0.5) is 5.13 Å². The van der Waals surface area contributed by atoms with E-state index in [9.17, 15) is 0 Å². The van der Waals surface area contributed by atoms with Crippen molar-refractivity contribution in [1.29, 1.82) is 0 Å². The van der Waals surface area contributed by atoms with E-state index in [1.165, 1.54) is 11.1 Å². The Kier molecular flexibility index (Phi) is 6.10. The Hall–Kier alpha value is -2.20. The molecule has 0 aliphatic heterocycles. The standard InChI is InChI=1S/C18H21N3S/c1-4-5-10-20-11-9-14(2)15-7-6-8-16(12-15)17-13-22-18(19-3)21-17/h5-13H,4H2,1-3H3,(H,19,21)/b10-5+,14-9+,20-11+. The SMILES string of the molecule is CC/C=C/N=C/C=C(\C)c1cccc(-c2csc(NC)n2)c1. The second-order valence-electron chi connectivity index (χ2n) is 4.81. The maximum Gasteiger partial charge on any atom is 0.182 e. The predicted molar refractivity (Wildman–Crippen MR) is 98.7 cm³/mol. The third-order valence-electron chi connectivity index (χ3n) is 3.17. The minimum absolute atomic E-state index is 0.933. The van der Waals surface area contributed by atoms with E-state index in [2.05, 4.69) is 58.8 Å². The maximum atomic E-state index is 4.55. The predicted octanol–water partition coefficient (Wildman–Crippen LogP) is 5.25. The molecule has 3 nitrogen and oxygen atoms in total. The lowest BCUT2D eigenvalue weighted by molar-refractivity contribution is 1.21. The van der Waals surface area contributed by atoms with Gasteiger partial charge in [0.15, 0.2) is 5.13 Å². The average molecular weight is 311 g/mol. The lowest BCUT2D eigenvalue weighted by atomic mass is 10.0. The summed E-state index contributed by atoms with van der Waals surface area (Å²) >= 11 is 1.61. The summed E-state index contributed by atoms with van der Waals surface area (Å²) in [7, 11) is 1.89. The number of allylic oxidation sites excluding steroid dienone is 3. The van der Waals surface area contributed by atoms with Gasteiger partial charge in [-0.15, -0.1) is 11.3 Å². The van der Waals surface area contributed by atoms with Crippen LogP contribution in [0.25, 0.3) is 16.8 Å². The molecule has 1 aromatic heterocycles. The second-order valence-corrected chi connectivity index (χ2v) is 5.67. The van der Waals surface area contributed by atoms with Gasteiger partial charge >= 0.3 is 0 Å². The molecule has 0 saturated carbocycles. The first-order valence-corrected chi connectivity index (χ1v) is 8.21. The summed E-state index contributed by atoms with van der Waals surface area (Å²) in [5.74, 6) is 0. The summed E-state index contributed by atoms with van der Waals surface area (Å²) in [6.45, 7) is 4.19. The molecule has 0 aliphatic carbocycles. The fourth-order valence-electron chi connectivity index (χ4n) is 1.91. The van der Waals surface area contributed by atoms with E-state index >= 15 is 0 Å². The summed E-state index contributed by atoms with van der Waals surface area (Å²) in [5.41, 5.74) is 4.50. The van der Waals surface area contributed by atoms with Crippen LogP contribution in [0.5, 0.6) is 0 Å². The highest BCUT2D eigenvalue weighted by molar-refractivity contribution is 7.14. The zero-order valence-corrected chi connectivity index (χ0v) is 14.0. The minimum Gasteiger partial charge on any atom is -0.365 e. The number of nitrogens with one attached hydrogen (secondary N) is 1. The number of nitrogens with zero attached hydrogens (tertiary/aromatic N) is 2. The fourth-order valence-corrected chi connectivity index (χ4v) is 2.59. The molecule has 0 fully saturated rings. The van der Waals surface area contributed by atoms with Crippen molar-refractivity contribution in [3.8, 4) is 11.3 Å². The Morgan fingerprint density at radius 1 is 1.41 bits per heavy atom. The molecule has 4 heteroatoms. The quantitative estimate of drug-likeness (QED) is 0.740. The van der Waals surface area contributed by atoms with Gasteiger partial charge in [-0.2, -0.15) is 0 Å². The lowest BCUT2D eigenvalue weighted by Crippen LogP contribution is -1.87. The molecule has 2 aromatic rings. The first-order chi connectivity index (χ1) is 10.7. The molecule has 0 saturated heterocycles. The fraction of sp³-hybridized carbons (Fsp3) is 0.222. The number of anilines is 1. The van der Waals surface area contributed by atoms with E-state index in [1.54, 1.807) is 11.3 Å². The second kappa shape index (κ2) is 8.29. The van der Waals surface area contributed by atoms with Crippen LogP contribution in [0.1, 0.15) is 25.8 Å². The summed E-state index contributed by atoms with van der Waals surface area (Å²) in [5, 5.41) is 6.07. The van der Waals surface area contributed by atoms with E-state index in [4.69, 9.17) is 0 Å².